The van der Waals surface area contributed by atoms with E-state index in [0.717, 1.165) is 5.56 Å². The fourth-order valence-electron chi connectivity index (χ4n) is 9.54. The third-order valence-electron chi connectivity index (χ3n) is 12.3. The number of hydrogen-bond acceptors (Lipinski definition) is 11. The lowest BCUT2D eigenvalue weighted by atomic mass is 9.43. The minimum atomic E-state index is -1.25. The molecule has 3 aliphatic carbocycles. The van der Waals surface area contributed by atoms with E-state index in [2.05, 4.69) is 6.58 Å². The number of ether oxygens (including phenoxy) is 5. The Morgan fingerprint density at radius 2 is 1.72 bits per heavy atom. The van der Waals surface area contributed by atoms with Crippen LogP contribution in [-0.4, -0.2) is 66.8 Å². The summed E-state index contributed by atoms with van der Waals surface area (Å²) < 4.78 is 35.9. The number of ketones is 1. The topological polar surface area (TPSA) is 148 Å². The van der Waals surface area contributed by atoms with Crippen LogP contribution in [0.5, 0.6) is 0 Å². The quantitative estimate of drug-likeness (QED) is 0.151. The monoisotopic (exact) mass is 656 g/mol. The molecule has 2 heterocycles. The predicted octanol–water partition coefficient (Wildman–Crippen LogP) is 5.10. The second-order valence-corrected chi connectivity index (χ2v) is 14.9. The lowest BCUT2D eigenvalue weighted by Gasteiger charge is -2.62. The number of Topliss-reactive ketones (excluding diaryl/α,β-unsaturated/α-hetero) is 1. The van der Waals surface area contributed by atoms with Gasteiger partial charge in [-0.05, 0) is 36.0 Å². The summed E-state index contributed by atoms with van der Waals surface area (Å²) in [5, 5.41) is 0. The van der Waals surface area contributed by atoms with Crippen LogP contribution in [0.1, 0.15) is 92.6 Å². The zero-order chi connectivity index (χ0) is 34.9. The van der Waals surface area contributed by atoms with Crippen LogP contribution in [0, 0.1) is 34.0 Å². The Bertz CT molecular complexity index is 1460. The van der Waals surface area contributed by atoms with Crippen LogP contribution in [0.3, 0.4) is 0 Å². The largest absolute Gasteiger partial charge is 0.472 e. The van der Waals surface area contributed by atoms with Gasteiger partial charge in [-0.3, -0.25) is 24.0 Å². The van der Waals surface area contributed by atoms with Crippen molar-refractivity contribution in [2.45, 2.75) is 117 Å². The van der Waals surface area contributed by atoms with Crippen LogP contribution in [0.25, 0.3) is 0 Å². The molecule has 1 unspecified atom stereocenters. The zero-order valence-corrected chi connectivity index (χ0v) is 28.9. The number of rotatable bonds is 9. The molecule has 11 nitrogen and oxygen atoms in total. The molecule has 0 bridgehead atoms. The smallest absolute Gasteiger partial charge is 0.309 e. The van der Waals surface area contributed by atoms with Gasteiger partial charge in [0.1, 0.15) is 29.7 Å². The number of methoxy groups -OCH3 is 1. The van der Waals surface area contributed by atoms with Crippen molar-refractivity contribution in [2.24, 2.45) is 34.0 Å². The molecular weight excluding hydrogens is 608 g/mol. The third kappa shape index (κ3) is 5.06. The number of hydrogen-bond donors (Lipinski definition) is 0. The Hall–Kier alpha value is -3.47. The Labute approximate surface area is 276 Å². The molecule has 258 valence electrons. The molecule has 1 saturated heterocycles. The Kier molecular flexibility index (Phi) is 8.82. The van der Waals surface area contributed by atoms with Gasteiger partial charge in [-0.15, -0.1) is 0 Å². The number of carbonyl (C=O) groups excluding carboxylic acids is 5. The van der Waals surface area contributed by atoms with Gasteiger partial charge in [-0.2, -0.15) is 0 Å². The Balaban J connectivity index is 1.79. The summed E-state index contributed by atoms with van der Waals surface area (Å²) in [5.41, 5.74) is -2.88. The maximum atomic E-state index is 13.7. The van der Waals surface area contributed by atoms with Gasteiger partial charge >= 0.3 is 23.9 Å². The molecule has 11 heteroatoms. The molecular formula is C36H48O11. The highest BCUT2D eigenvalue weighted by atomic mass is 16.6. The molecule has 5 rings (SSSR count). The lowest BCUT2D eigenvalue weighted by Crippen LogP contribution is -2.70. The van der Waals surface area contributed by atoms with E-state index in [-0.39, 0.29) is 30.6 Å². The van der Waals surface area contributed by atoms with E-state index in [4.69, 9.17) is 28.1 Å². The van der Waals surface area contributed by atoms with Gasteiger partial charge in [0.2, 0.25) is 0 Å². The fourth-order valence-corrected chi connectivity index (χ4v) is 9.54. The molecule has 4 aliphatic rings. The van der Waals surface area contributed by atoms with Crippen molar-refractivity contribution in [3.05, 3.63) is 36.3 Å². The molecule has 0 radical (unpaired) electrons. The van der Waals surface area contributed by atoms with E-state index >= 15 is 0 Å². The molecule has 0 aromatic carbocycles. The summed E-state index contributed by atoms with van der Waals surface area (Å²) in [4.78, 5) is 66.2. The van der Waals surface area contributed by atoms with E-state index in [9.17, 15) is 24.0 Å². The predicted molar refractivity (Wildman–Crippen MR) is 166 cm³/mol. The minimum absolute atomic E-state index is 0.138. The lowest BCUT2D eigenvalue weighted by molar-refractivity contribution is -0.228. The number of epoxide rings is 1. The van der Waals surface area contributed by atoms with Gasteiger partial charge in [-0.1, -0.05) is 48.1 Å². The Morgan fingerprint density at radius 3 is 2.28 bits per heavy atom. The van der Waals surface area contributed by atoms with Crippen molar-refractivity contribution in [2.75, 3.05) is 7.11 Å². The molecule has 0 N–H and O–H groups in total. The van der Waals surface area contributed by atoms with Crippen molar-refractivity contribution >= 4 is 29.7 Å². The van der Waals surface area contributed by atoms with Crippen LogP contribution in [-0.2, 0) is 47.7 Å². The summed E-state index contributed by atoms with van der Waals surface area (Å²) in [6, 6.07) is 1.87. The van der Waals surface area contributed by atoms with Crippen molar-refractivity contribution in [3.8, 4) is 0 Å². The number of furan rings is 1. The van der Waals surface area contributed by atoms with Gasteiger partial charge in [0, 0.05) is 49.4 Å². The molecule has 47 heavy (non-hydrogen) atoms. The molecule has 11 atom stereocenters. The average Bonchev–Trinajstić information content (AvgIpc) is 3.34. The highest BCUT2D eigenvalue weighted by Crippen LogP contribution is 2.77. The van der Waals surface area contributed by atoms with Gasteiger partial charge in [-0.25, -0.2) is 0 Å². The Morgan fingerprint density at radius 1 is 1.06 bits per heavy atom. The summed E-state index contributed by atoms with van der Waals surface area (Å²) in [5.74, 6) is -4.77. The van der Waals surface area contributed by atoms with Crippen molar-refractivity contribution in [1.29, 1.82) is 0 Å². The van der Waals surface area contributed by atoms with E-state index in [1.54, 1.807) is 33.3 Å². The summed E-state index contributed by atoms with van der Waals surface area (Å²) in [6.45, 7) is 18.2. The van der Waals surface area contributed by atoms with Crippen LogP contribution < -0.4 is 0 Å². The standard InChI is InChI=1S/C36H48O11/c1-11-18(2)32(41)46-31-30(45-21(5)38)29(19(3)36-27(47-36)14-23(35(31,36)9)22-12-13-43-17-22)34(8)24(15-28(40)42-10)33(6,7)25(39)16-26(34)44-20(4)37/h12-13,17-18,23-24,26-27,29-31H,3,11,14-16H2,1-2,4-10H3/t18?,23-,24-,26+,27+,29+,30+,31-,34+,35+,36+/m0/s1. The highest BCUT2D eigenvalue weighted by molar-refractivity contribution is 5.87. The third-order valence-corrected chi connectivity index (χ3v) is 12.3. The molecule has 1 aromatic heterocycles. The van der Waals surface area contributed by atoms with Crippen LogP contribution in [0.4, 0.5) is 0 Å². The van der Waals surface area contributed by atoms with Crippen molar-refractivity contribution in [3.63, 3.8) is 0 Å². The van der Waals surface area contributed by atoms with Crippen LogP contribution in [0.15, 0.2) is 35.2 Å². The van der Waals surface area contributed by atoms with Crippen LogP contribution >= 0.6 is 0 Å². The second-order valence-electron chi connectivity index (χ2n) is 14.9. The van der Waals surface area contributed by atoms with E-state index < -0.39 is 81.8 Å². The molecule has 3 saturated carbocycles. The average molecular weight is 657 g/mol. The van der Waals surface area contributed by atoms with E-state index in [1.807, 2.05) is 26.8 Å². The molecule has 4 fully saturated rings. The zero-order valence-electron chi connectivity index (χ0n) is 28.9. The highest BCUT2D eigenvalue weighted by Gasteiger charge is 2.85. The van der Waals surface area contributed by atoms with Crippen LogP contribution in [0.2, 0.25) is 0 Å². The van der Waals surface area contributed by atoms with Gasteiger partial charge in [0.25, 0.3) is 0 Å². The first-order valence-corrected chi connectivity index (χ1v) is 16.5. The van der Waals surface area contributed by atoms with Gasteiger partial charge < -0.3 is 28.1 Å². The summed E-state index contributed by atoms with van der Waals surface area (Å²) in [7, 11) is 1.27. The normalized spacial score (nSPS) is 39.2. The molecule has 1 aromatic rings. The first-order chi connectivity index (χ1) is 21.9. The second kappa shape index (κ2) is 11.9. The van der Waals surface area contributed by atoms with E-state index in [0.29, 0.717) is 18.4 Å². The first-order valence-electron chi connectivity index (χ1n) is 16.5. The molecule has 1 spiro atoms. The van der Waals surface area contributed by atoms with Gasteiger partial charge in [0.05, 0.1) is 37.1 Å². The first kappa shape index (κ1) is 34.9. The van der Waals surface area contributed by atoms with Crippen molar-refractivity contribution in [1.82, 2.24) is 0 Å². The maximum Gasteiger partial charge on any atom is 0.309 e. The SMILES string of the molecule is C=C1[C@@H]([C@@]2(C)[C@H](OC(C)=O)CC(=O)C(C)(C)[C@@H]2CC(=O)OC)[C@@H](OC(C)=O)[C@H](OC(=O)C(C)CC)[C@@]2(C)[C@H](c3ccoc3)C[C@H]3O[C@]132. The van der Waals surface area contributed by atoms with E-state index in [1.165, 1.54) is 21.0 Å². The fraction of sp³-hybridized carbons (Fsp3) is 0.694. The van der Waals surface area contributed by atoms with Gasteiger partial charge in [0.15, 0.2) is 0 Å². The number of carbonyl (C=O) groups is 5. The summed E-state index contributed by atoms with van der Waals surface area (Å²) >= 11 is 0. The maximum absolute atomic E-state index is 13.7. The minimum Gasteiger partial charge on any atom is -0.472 e. The number of esters is 4. The molecule has 0 amide bonds. The summed E-state index contributed by atoms with van der Waals surface area (Å²) in [6.07, 6.45) is 0.467. The molecule has 1 aliphatic heterocycles. The van der Waals surface area contributed by atoms with Crippen molar-refractivity contribution < 1.29 is 52.1 Å².